The highest BCUT2D eigenvalue weighted by atomic mass is 19.4. The minimum Gasteiger partial charge on any atom is -0.320 e. The second-order valence-corrected chi connectivity index (χ2v) is 14.3. The van der Waals surface area contributed by atoms with Gasteiger partial charge in [0.05, 0.1) is 17.5 Å². The fraction of sp³-hybridized carbons (Fsp3) is 0.543. The van der Waals surface area contributed by atoms with Crippen molar-refractivity contribution in [1.82, 2.24) is 29.5 Å². The Morgan fingerprint density at radius 1 is 1.15 bits per heavy atom. The van der Waals surface area contributed by atoms with E-state index in [2.05, 4.69) is 40.0 Å². The van der Waals surface area contributed by atoms with Crippen molar-refractivity contribution < 1.29 is 18.0 Å². The molecule has 0 unspecified atom stereocenters. The molecule has 1 amide bonds. The molecule has 1 saturated carbocycles. The Hall–Kier alpha value is -3.95. The van der Waals surface area contributed by atoms with Crippen molar-refractivity contribution in [2.45, 2.75) is 82.3 Å². The number of likely N-dealkylation sites (N-methyl/N-ethyl adjacent to an activating group) is 1. The minimum atomic E-state index is -4.59. The fourth-order valence-electron chi connectivity index (χ4n) is 8.67. The van der Waals surface area contributed by atoms with Crippen LogP contribution >= 0.6 is 0 Å². The van der Waals surface area contributed by atoms with E-state index in [0.29, 0.717) is 29.8 Å². The maximum atomic E-state index is 14.5. The molecule has 12 heteroatoms. The molecule has 4 aliphatic rings. The Morgan fingerprint density at radius 3 is 2.60 bits per heavy atom. The summed E-state index contributed by atoms with van der Waals surface area (Å²) in [7, 11) is 3.86. The second-order valence-electron chi connectivity index (χ2n) is 14.3. The van der Waals surface area contributed by atoms with Crippen molar-refractivity contribution in [2.75, 3.05) is 31.6 Å². The molecule has 2 aromatic carbocycles. The van der Waals surface area contributed by atoms with Gasteiger partial charge in [-0.05, 0) is 86.5 Å². The Kier molecular flexibility index (Phi) is 7.83. The highest BCUT2D eigenvalue weighted by molar-refractivity contribution is 6.10. The van der Waals surface area contributed by atoms with Gasteiger partial charge in [-0.25, -0.2) is 0 Å². The number of aromatic nitrogens is 3. The van der Waals surface area contributed by atoms with E-state index in [4.69, 9.17) is 0 Å². The maximum absolute atomic E-state index is 14.5. The van der Waals surface area contributed by atoms with E-state index in [1.807, 2.05) is 41.8 Å². The molecule has 3 atom stereocenters. The van der Waals surface area contributed by atoms with Crippen LogP contribution in [-0.2, 0) is 31.7 Å². The third-order valence-corrected chi connectivity index (χ3v) is 11.1. The Bertz CT molecular complexity index is 1720. The summed E-state index contributed by atoms with van der Waals surface area (Å²) in [5, 5.41) is 17.9. The van der Waals surface area contributed by atoms with Gasteiger partial charge in [-0.15, -0.1) is 10.2 Å². The van der Waals surface area contributed by atoms with Crippen LogP contribution in [0.4, 0.5) is 18.9 Å². The SMILES string of the molecule is CC1CC(c2cccc(N3Cc4c(cc(CN(C)[C@H]5CCN([C@H]6C[C@@H](C)N(C#N)C6)C5)cc4C(F)(F)F)C3=O)c2)(c2nncn2C)C1. The number of nitriles is 1. The second kappa shape index (κ2) is 11.6. The van der Waals surface area contributed by atoms with Gasteiger partial charge in [-0.2, -0.15) is 18.4 Å². The van der Waals surface area contributed by atoms with Gasteiger partial charge in [-0.3, -0.25) is 14.6 Å². The Morgan fingerprint density at radius 2 is 1.94 bits per heavy atom. The zero-order chi connectivity index (χ0) is 33.2. The Balaban J connectivity index is 1.12. The number of halogens is 3. The highest BCUT2D eigenvalue weighted by Gasteiger charge is 2.49. The zero-order valence-corrected chi connectivity index (χ0v) is 27.3. The summed E-state index contributed by atoms with van der Waals surface area (Å²) < 4.78 is 45.6. The molecule has 0 N–H and O–H groups in total. The molecule has 4 heterocycles. The predicted octanol–water partition coefficient (Wildman–Crippen LogP) is 5.16. The monoisotopic (exact) mass is 646 g/mol. The number of nitrogens with zero attached hydrogens (tertiary/aromatic N) is 8. The van der Waals surface area contributed by atoms with Crippen molar-refractivity contribution >= 4 is 11.6 Å². The van der Waals surface area contributed by atoms with E-state index < -0.39 is 17.6 Å². The molecule has 7 rings (SSSR count). The number of aryl methyl sites for hydroxylation is 1. The number of alkyl halides is 3. The third kappa shape index (κ3) is 5.47. The van der Waals surface area contributed by atoms with Gasteiger partial charge in [0.25, 0.3) is 5.91 Å². The molecular formula is C35H41F3N8O. The van der Waals surface area contributed by atoms with Gasteiger partial charge in [0.2, 0.25) is 0 Å². The smallest absolute Gasteiger partial charge is 0.320 e. The number of benzene rings is 2. The van der Waals surface area contributed by atoms with Gasteiger partial charge in [-0.1, -0.05) is 19.1 Å². The molecule has 248 valence electrons. The normalized spacial score (nSPS) is 27.9. The zero-order valence-electron chi connectivity index (χ0n) is 27.3. The van der Waals surface area contributed by atoms with E-state index in [1.54, 1.807) is 18.5 Å². The van der Waals surface area contributed by atoms with Crippen LogP contribution in [0.1, 0.15) is 78.0 Å². The van der Waals surface area contributed by atoms with E-state index >= 15 is 0 Å². The minimum absolute atomic E-state index is 0.0315. The topological polar surface area (TPSA) is 84.5 Å². The van der Waals surface area contributed by atoms with Gasteiger partial charge < -0.3 is 14.4 Å². The van der Waals surface area contributed by atoms with Gasteiger partial charge in [0.15, 0.2) is 6.19 Å². The standard InChI is InChI=1S/C35H41F3N8O/c1-22-14-34(15-22,33-41-40-21-43(33)4)25-6-5-7-26(13-25)46-19-30-29(32(46)47)11-24(12-31(30)35(36,37)38)16-42(3)27-8-9-44(17-27)28-10-23(2)45(18-28)20-39/h5-7,11-13,21-23,27-28H,8-10,14-19H2,1-4H3/t22?,23-,27+,28+,34?/m1/s1. The van der Waals surface area contributed by atoms with Gasteiger partial charge in [0.1, 0.15) is 12.2 Å². The molecule has 9 nitrogen and oxygen atoms in total. The number of carbonyl (C=O) groups is 1. The van der Waals surface area contributed by atoms with Crippen LogP contribution in [0.5, 0.6) is 0 Å². The number of anilines is 1. The van der Waals surface area contributed by atoms with Crippen LogP contribution in [-0.4, -0.2) is 80.2 Å². The fourth-order valence-corrected chi connectivity index (χ4v) is 8.67. The van der Waals surface area contributed by atoms with Crippen molar-refractivity contribution in [3.63, 3.8) is 0 Å². The Labute approximate surface area is 273 Å². The summed E-state index contributed by atoms with van der Waals surface area (Å²) in [6.45, 7) is 6.85. The van der Waals surface area contributed by atoms with E-state index in [-0.39, 0.29) is 35.2 Å². The lowest BCUT2D eigenvalue weighted by atomic mass is 9.58. The maximum Gasteiger partial charge on any atom is 0.416 e. The molecule has 0 radical (unpaired) electrons. The summed E-state index contributed by atoms with van der Waals surface area (Å²) >= 11 is 0. The van der Waals surface area contributed by atoms with Crippen LogP contribution in [0.3, 0.4) is 0 Å². The molecular weight excluding hydrogens is 605 g/mol. The van der Waals surface area contributed by atoms with Crippen molar-refractivity contribution in [2.24, 2.45) is 13.0 Å². The number of likely N-dealkylation sites (tertiary alicyclic amines) is 2. The molecule has 0 spiro atoms. The molecule has 0 bridgehead atoms. The number of carbonyl (C=O) groups excluding carboxylic acids is 1. The number of amides is 1. The lowest BCUT2D eigenvalue weighted by molar-refractivity contribution is -0.138. The van der Waals surface area contributed by atoms with Gasteiger partial charge >= 0.3 is 6.18 Å². The summed E-state index contributed by atoms with van der Waals surface area (Å²) in [5.41, 5.74) is 1.12. The number of rotatable bonds is 7. The highest BCUT2D eigenvalue weighted by Crippen LogP contribution is 2.52. The van der Waals surface area contributed by atoms with Crippen molar-refractivity contribution in [3.05, 3.63) is 76.4 Å². The first-order chi connectivity index (χ1) is 22.4. The molecule has 1 aromatic heterocycles. The average Bonchev–Trinajstić information content (AvgIpc) is 3.82. The van der Waals surface area contributed by atoms with Crippen LogP contribution < -0.4 is 4.90 Å². The van der Waals surface area contributed by atoms with E-state index in [9.17, 15) is 23.2 Å². The number of hydrogen-bond acceptors (Lipinski definition) is 7. The van der Waals surface area contributed by atoms with E-state index in [0.717, 1.165) is 56.7 Å². The lowest BCUT2D eigenvalue weighted by Gasteiger charge is -2.46. The van der Waals surface area contributed by atoms with Gasteiger partial charge in [0, 0.05) is 62.6 Å². The first-order valence-corrected chi connectivity index (χ1v) is 16.5. The number of hydrogen-bond donors (Lipinski definition) is 0. The molecule has 47 heavy (non-hydrogen) atoms. The first kappa shape index (κ1) is 31.6. The quantitative estimate of drug-likeness (QED) is 0.328. The summed E-state index contributed by atoms with van der Waals surface area (Å²) in [5.74, 6) is 0.932. The average molecular weight is 647 g/mol. The largest absolute Gasteiger partial charge is 0.416 e. The molecule has 3 aromatic rings. The summed E-state index contributed by atoms with van der Waals surface area (Å²) in [6.07, 6.45) is 2.97. The summed E-state index contributed by atoms with van der Waals surface area (Å²) in [6, 6.07) is 11.2. The van der Waals surface area contributed by atoms with Crippen LogP contribution in [0, 0.1) is 17.4 Å². The third-order valence-electron chi connectivity index (χ3n) is 11.1. The summed E-state index contributed by atoms with van der Waals surface area (Å²) in [4.78, 5) is 21.7. The molecule has 3 fully saturated rings. The first-order valence-electron chi connectivity index (χ1n) is 16.5. The van der Waals surface area contributed by atoms with E-state index in [1.165, 1.54) is 11.0 Å². The lowest BCUT2D eigenvalue weighted by Crippen LogP contribution is -2.43. The van der Waals surface area contributed by atoms with Crippen LogP contribution in [0.2, 0.25) is 0 Å². The van der Waals surface area contributed by atoms with Crippen molar-refractivity contribution in [1.29, 1.82) is 5.26 Å². The van der Waals surface area contributed by atoms with Crippen LogP contribution in [0.25, 0.3) is 0 Å². The molecule has 3 aliphatic heterocycles. The number of fused-ring (bicyclic) bond motifs is 1. The molecule has 2 saturated heterocycles. The van der Waals surface area contributed by atoms with Crippen LogP contribution in [0.15, 0.2) is 42.7 Å². The molecule has 1 aliphatic carbocycles. The van der Waals surface area contributed by atoms with Crippen molar-refractivity contribution in [3.8, 4) is 6.19 Å². The predicted molar refractivity (Wildman–Crippen MR) is 170 cm³/mol.